The number of benzene rings is 1. The van der Waals surface area contributed by atoms with Crippen LogP contribution in [0.15, 0.2) is 18.2 Å². The van der Waals surface area contributed by atoms with Crippen molar-refractivity contribution in [3.05, 3.63) is 34.6 Å². The van der Waals surface area contributed by atoms with Gasteiger partial charge in [-0.3, -0.25) is 0 Å². The van der Waals surface area contributed by atoms with Crippen LogP contribution in [0.5, 0.6) is 5.75 Å². The fourth-order valence-corrected chi connectivity index (χ4v) is 2.90. The van der Waals surface area contributed by atoms with Gasteiger partial charge >= 0.3 is 0 Å². The molecular formula is C15H19FN2O2S. The third-order valence-corrected chi connectivity index (χ3v) is 4.04. The van der Waals surface area contributed by atoms with Gasteiger partial charge in [0, 0.05) is 36.2 Å². The fourth-order valence-electron chi connectivity index (χ4n) is 1.86. The largest absolute Gasteiger partial charge is 0.508 e. The third kappa shape index (κ3) is 4.00. The number of aromatic hydroxyl groups is 1. The number of halogens is 1. The van der Waals surface area contributed by atoms with E-state index in [2.05, 4.69) is 24.1 Å². The molecule has 2 N–H and O–H groups in total. The van der Waals surface area contributed by atoms with Crippen LogP contribution in [0.2, 0.25) is 0 Å². The molecule has 0 saturated heterocycles. The van der Waals surface area contributed by atoms with Gasteiger partial charge in [-0.05, 0) is 12.1 Å². The monoisotopic (exact) mass is 310 g/mol. The Balaban J connectivity index is 2.33. The summed E-state index contributed by atoms with van der Waals surface area (Å²) in [5.74, 6) is -0.567. The first-order valence-electron chi connectivity index (χ1n) is 6.71. The van der Waals surface area contributed by atoms with E-state index in [0.29, 0.717) is 29.8 Å². The van der Waals surface area contributed by atoms with Crippen molar-refractivity contribution in [2.75, 3.05) is 7.11 Å². The van der Waals surface area contributed by atoms with Crippen LogP contribution in [0, 0.1) is 5.82 Å². The molecule has 0 saturated carbocycles. The number of phenolic OH excluding ortho intramolecular Hbond substituents is 1. The topological polar surface area (TPSA) is 54.4 Å². The Labute approximate surface area is 127 Å². The van der Waals surface area contributed by atoms with Crippen molar-refractivity contribution in [3.8, 4) is 16.3 Å². The summed E-state index contributed by atoms with van der Waals surface area (Å²) in [6.07, 6.45) is 0. The molecule has 114 valence electrons. The van der Waals surface area contributed by atoms with Crippen LogP contribution >= 0.6 is 11.3 Å². The highest BCUT2D eigenvalue weighted by Gasteiger charge is 2.15. The van der Waals surface area contributed by atoms with Crippen molar-refractivity contribution < 1.29 is 14.2 Å². The lowest BCUT2D eigenvalue weighted by atomic mass is 10.2. The van der Waals surface area contributed by atoms with E-state index in [1.54, 1.807) is 13.2 Å². The highest BCUT2D eigenvalue weighted by Crippen LogP contribution is 2.31. The van der Waals surface area contributed by atoms with Crippen LogP contribution in [0.3, 0.4) is 0 Å². The lowest BCUT2D eigenvalue weighted by Crippen LogP contribution is -2.21. The predicted octanol–water partition coefficient (Wildman–Crippen LogP) is 3.30. The molecule has 0 radical (unpaired) electrons. The maximum atomic E-state index is 13.9. The first-order valence-corrected chi connectivity index (χ1v) is 7.52. The lowest BCUT2D eigenvalue weighted by molar-refractivity contribution is 0.181. The summed E-state index contributed by atoms with van der Waals surface area (Å²) < 4.78 is 19.1. The van der Waals surface area contributed by atoms with Crippen LogP contribution in [-0.2, 0) is 17.9 Å². The molecule has 1 aromatic heterocycles. The van der Waals surface area contributed by atoms with Gasteiger partial charge in [0.05, 0.1) is 12.3 Å². The second-order valence-electron chi connectivity index (χ2n) is 5.02. The Morgan fingerprint density at radius 1 is 1.43 bits per heavy atom. The van der Waals surface area contributed by atoms with E-state index in [9.17, 15) is 9.50 Å². The zero-order chi connectivity index (χ0) is 15.4. The van der Waals surface area contributed by atoms with Gasteiger partial charge in [-0.1, -0.05) is 13.8 Å². The summed E-state index contributed by atoms with van der Waals surface area (Å²) in [5, 5.41) is 13.2. The van der Waals surface area contributed by atoms with E-state index in [0.717, 1.165) is 16.6 Å². The molecule has 2 aromatic rings. The highest BCUT2D eigenvalue weighted by molar-refractivity contribution is 7.15. The summed E-state index contributed by atoms with van der Waals surface area (Å²) in [4.78, 5) is 5.51. The minimum absolute atomic E-state index is 0.0911. The lowest BCUT2D eigenvalue weighted by Gasteiger charge is -2.07. The number of ether oxygens (including phenoxy) is 1. The molecule has 21 heavy (non-hydrogen) atoms. The van der Waals surface area contributed by atoms with Crippen molar-refractivity contribution in [1.29, 1.82) is 0 Å². The van der Waals surface area contributed by atoms with E-state index in [1.807, 2.05) is 0 Å². The quantitative estimate of drug-likeness (QED) is 0.859. The van der Waals surface area contributed by atoms with Gasteiger partial charge in [-0.25, -0.2) is 9.37 Å². The zero-order valence-corrected chi connectivity index (χ0v) is 13.1. The zero-order valence-electron chi connectivity index (χ0n) is 12.3. The van der Waals surface area contributed by atoms with E-state index in [4.69, 9.17) is 4.74 Å². The van der Waals surface area contributed by atoms with E-state index in [1.165, 1.54) is 17.4 Å². The first kappa shape index (κ1) is 15.9. The van der Waals surface area contributed by atoms with Gasteiger partial charge in [0.25, 0.3) is 0 Å². The number of rotatable bonds is 6. The van der Waals surface area contributed by atoms with E-state index in [-0.39, 0.29) is 5.75 Å². The molecule has 0 aliphatic heterocycles. The Bertz CT molecular complexity index is 614. The molecule has 0 atom stereocenters. The van der Waals surface area contributed by atoms with Crippen LogP contribution in [0.25, 0.3) is 10.6 Å². The van der Waals surface area contributed by atoms with E-state index >= 15 is 0 Å². The summed E-state index contributed by atoms with van der Waals surface area (Å²) in [6.45, 7) is 5.20. The van der Waals surface area contributed by atoms with Crippen molar-refractivity contribution in [1.82, 2.24) is 10.3 Å². The number of nitrogens with one attached hydrogen (secondary N) is 1. The van der Waals surface area contributed by atoms with Gasteiger partial charge in [0.1, 0.15) is 16.6 Å². The first-order chi connectivity index (χ1) is 10.0. The fraction of sp³-hybridized carbons (Fsp3) is 0.400. The van der Waals surface area contributed by atoms with E-state index < -0.39 is 5.82 Å². The van der Waals surface area contributed by atoms with Gasteiger partial charge in [0.2, 0.25) is 0 Å². The number of hydrogen-bond donors (Lipinski definition) is 2. The Kier molecular flexibility index (Phi) is 5.27. The van der Waals surface area contributed by atoms with Crippen molar-refractivity contribution in [3.63, 3.8) is 0 Å². The van der Waals surface area contributed by atoms with Crippen LogP contribution in [0.1, 0.15) is 24.4 Å². The molecule has 4 nitrogen and oxygen atoms in total. The van der Waals surface area contributed by atoms with Crippen molar-refractivity contribution in [2.24, 2.45) is 0 Å². The molecule has 0 fully saturated rings. The number of aromatic nitrogens is 1. The van der Waals surface area contributed by atoms with Crippen LogP contribution in [0.4, 0.5) is 4.39 Å². The molecule has 0 unspecified atom stereocenters. The summed E-state index contributed by atoms with van der Waals surface area (Å²) in [7, 11) is 1.61. The van der Waals surface area contributed by atoms with Crippen molar-refractivity contribution in [2.45, 2.75) is 33.0 Å². The molecule has 0 aliphatic carbocycles. The number of hydrogen-bond acceptors (Lipinski definition) is 5. The van der Waals surface area contributed by atoms with Gasteiger partial charge in [0.15, 0.2) is 0 Å². The van der Waals surface area contributed by atoms with Crippen molar-refractivity contribution >= 4 is 11.3 Å². The number of thiazole rings is 1. The summed E-state index contributed by atoms with van der Waals surface area (Å²) in [5.41, 5.74) is 1.21. The average molecular weight is 310 g/mol. The molecule has 1 heterocycles. The highest BCUT2D eigenvalue weighted by atomic mass is 32.1. The Morgan fingerprint density at radius 2 is 2.19 bits per heavy atom. The molecule has 1 aromatic carbocycles. The number of nitrogens with zero attached hydrogens (tertiary/aromatic N) is 1. The normalized spacial score (nSPS) is 11.3. The second kappa shape index (κ2) is 6.98. The molecule has 2 rings (SSSR count). The summed E-state index contributed by atoms with van der Waals surface area (Å²) >= 11 is 1.44. The number of phenols is 1. The number of methoxy groups -OCH3 is 1. The second-order valence-corrected chi connectivity index (χ2v) is 6.11. The predicted molar refractivity (Wildman–Crippen MR) is 81.9 cm³/mol. The maximum absolute atomic E-state index is 13.9. The molecular weight excluding hydrogens is 291 g/mol. The third-order valence-electron chi connectivity index (χ3n) is 2.91. The SMILES string of the molecule is COCc1nc(-c2ccc(O)cc2F)sc1CNC(C)C. The minimum atomic E-state index is -0.476. The van der Waals surface area contributed by atoms with Gasteiger partial charge in [-0.2, -0.15) is 0 Å². The average Bonchev–Trinajstić information content (AvgIpc) is 2.80. The molecule has 0 bridgehead atoms. The standard InChI is InChI=1S/C15H19FN2O2S/c1-9(2)17-7-14-13(8-20-3)18-15(21-14)11-5-4-10(19)6-12(11)16/h4-6,9,17,19H,7-8H2,1-3H3. The van der Waals surface area contributed by atoms with Gasteiger partial charge in [-0.15, -0.1) is 11.3 Å². The Hall–Kier alpha value is -1.50. The molecule has 0 spiro atoms. The van der Waals surface area contributed by atoms with Crippen LogP contribution in [-0.4, -0.2) is 23.2 Å². The van der Waals surface area contributed by atoms with Crippen LogP contribution < -0.4 is 5.32 Å². The Morgan fingerprint density at radius 3 is 2.81 bits per heavy atom. The minimum Gasteiger partial charge on any atom is -0.508 e. The summed E-state index contributed by atoms with van der Waals surface area (Å²) in [6, 6.07) is 4.46. The smallest absolute Gasteiger partial charge is 0.137 e. The molecule has 0 amide bonds. The molecule has 6 heteroatoms. The van der Waals surface area contributed by atoms with Gasteiger partial charge < -0.3 is 15.2 Å². The maximum Gasteiger partial charge on any atom is 0.137 e. The molecule has 0 aliphatic rings.